The molecule has 1 aliphatic heterocycles. The van der Waals surface area contributed by atoms with E-state index in [4.69, 9.17) is 28.6 Å². The van der Waals surface area contributed by atoms with Gasteiger partial charge in [0.2, 0.25) is 0 Å². The maximum absolute atomic E-state index is 5.95. The zero-order valence-corrected chi connectivity index (χ0v) is 17.2. The molecule has 1 heterocycles. The molecule has 0 aromatic heterocycles. The summed E-state index contributed by atoms with van der Waals surface area (Å²) < 4.78 is 5.18. The molecule has 0 bridgehead atoms. The summed E-state index contributed by atoms with van der Waals surface area (Å²) in [6, 6.07) is 16.6. The number of methoxy groups -OCH3 is 1. The summed E-state index contributed by atoms with van der Waals surface area (Å²) in [4.78, 5) is 2.48. The van der Waals surface area contributed by atoms with Gasteiger partial charge in [-0.3, -0.25) is 4.90 Å². The largest absolute Gasteiger partial charge is 0.497 e. The Kier molecular flexibility index (Phi) is 7.33. The van der Waals surface area contributed by atoms with Gasteiger partial charge in [-0.05, 0) is 60.5 Å². The van der Waals surface area contributed by atoms with Crippen LogP contribution in [0.25, 0.3) is 0 Å². The molecule has 0 amide bonds. The topological polar surface area (TPSA) is 36.5 Å². The lowest BCUT2D eigenvalue weighted by Gasteiger charge is -2.33. The summed E-state index contributed by atoms with van der Waals surface area (Å²) >= 11 is 11.4. The van der Waals surface area contributed by atoms with Gasteiger partial charge in [-0.15, -0.1) is 0 Å². The Labute approximate surface area is 171 Å². The Morgan fingerprint density at radius 3 is 2.33 bits per heavy atom. The molecule has 0 saturated carbocycles. The maximum Gasteiger partial charge on any atom is 0.166 e. The molecule has 0 unspecified atom stereocenters. The van der Waals surface area contributed by atoms with E-state index in [1.165, 1.54) is 11.1 Å². The third-order valence-corrected chi connectivity index (χ3v) is 5.37. The first-order valence-electron chi connectivity index (χ1n) is 9.26. The van der Waals surface area contributed by atoms with Crippen molar-refractivity contribution >= 4 is 28.9 Å². The summed E-state index contributed by atoms with van der Waals surface area (Å²) in [6.45, 7) is 3.83. The normalized spacial score (nSPS) is 15.3. The van der Waals surface area contributed by atoms with E-state index in [2.05, 4.69) is 27.7 Å². The van der Waals surface area contributed by atoms with Crippen LogP contribution in [-0.4, -0.2) is 36.3 Å². The predicted molar refractivity (Wildman–Crippen MR) is 115 cm³/mol. The molecule has 2 N–H and O–H groups in total. The highest BCUT2D eigenvalue weighted by Gasteiger charge is 2.19. The van der Waals surface area contributed by atoms with E-state index >= 15 is 0 Å². The van der Waals surface area contributed by atoms with Gasteiger partial charge in [-0.1, -0.05) is 35.9 Å². The molecule has 1 fully saturated rings. The zero-order valence-electron chi connectivity index (χ0n) is 15.6. The van der Waals surface area contributed by atoms with E-state index in [0.717, 1.165) is 48.4 Å². The van der Waals surface area contributed by atoms with Crippen molar-refractivity contribution in [1.29, 1.82) is 0 Å². The van der Waals surface area contributed by atoms with Crippen molar-refractivity contribution in [2.45, 2.75) is 32.0 Å². The Morgan fingerprint density at radius 2 is 1.70 bits per heavy atom. The second-order valence-corrected chi connectivity index (χ2v) is 7.70. The maximum atomic E-state index is 5.95. The van der Waals surface area contributed by atoms with Crippen LogP contribution in [0.3, 0.4) is 0 Å². The van der Waals surface area contributed by atoms with E-state index in [1.54, 1.807) is 7.11 Å². The fraction of sp³-hybridized carbons (Fsp3) is 0.381. The van der Waals surface area contributed by atoms with Crippen LogP contribution in [0.2, 0.25) is 5.02 Å². The van der Waals surface area contributed by atoms with Crippen LogP contribution in [-0.2, 0) is 13.1 Å². The van der Waals surface area contributed by atoms with Crippen molar-refractivity contribution in [1.82, 2.24) is 15.5 Å². The van der Waals surface area contributed by atoms with Gasteiger partial charge < -0.3 is 15.4 Å². The van der Waals surface area contributed by atoms with Crippen molar-refractivity contribution < 1.29 is 4.74 Å². The van der Waals surface area contributed by atoms with Gasteiger partial charge >= 0.3 is 0 Å². The highest BCUT2D eigenvalue weighted by Crippen LogP contribution is 2.16. The smallest absolute Gasteiger partial charge is 0.166 e. The summed E-state index contributed by atoms with van der Waals surface area (Å²) in [6.07, 6.45) is 2.19. The second kappa shape index (κ2) is 9.93. The quantitative estimate of drug-likeness (QED) is 0.713. The first-order chi connectivity index (χ1) is 13.1. The molecule has 1 saturated heterocycles. The molecule has 3 rings (SSSR count). The summed E-state index contributed by atoms with van der Waals surface area (Å²) in [7, 11) is 1.67. The molecule has 27 heavy (non-hydrogen) atoms. The number of hydrogen-bond donors (Lipinski definition) is 2. The lowest BCUT2D eigenvalue weighted by atomic mass is 10.0. The Bertz CT molecular complexity index is 728. The zero-order chi connectivity index (χ0) is 19.1. The monoisotopic (exact) mass is 403 g/mol. The van der Waals surface area contributed by atoms with E-state index in [1.807, 2.05) is 36.4 Å². The molecule has 144 valence electrons. The molecule has 0 atom stereocenters. The van der Waals surface area contributed by atoms with Crippen LogP contribution in [0.1, 0.15) is 24.0 Å². The van der Waals surface area contributed by atoms with Gasteiger partial charge in [-0.2, -0.15) is 0 Å². The number of benzene rings is 2. The third-order valence-electron chi connectivity index (χ3n) is 4.85. The minimum Gasteiger partial charge on any atom is -0.497 e. The number of rotatable bonds is 6. The second-order valence-electron chi connectivity index (χ2n) is 6.85. The van der Waals surface area contributed by atoms with E-state index in [0.29, 0.717) is 12.6 Å². The van der Waals surface area contributed by atoms with Crippen LogP contribution in [0.15, 0.2) is 48.5 Å². The van der Waals surface area contributed by atoms with Crippen molar-refractivity contribution in [2.24, 2.45) is 0 Å². The van der Waals surface area contributed by atoms with Crippen LogP contribution < -0.4 is 15.4 Å². The van der Waals surface area contributed by atoms with Crippen LogP contribution in [0.4, 0.5) is 0 Å². The van der Waals surface area contributed by atoms with Gasteiger partial charge in [0, 0.05) is 37.2 Å². The molecule has 2 aromatic rings. The SMILES string of the molecule is COc1ccc(CNC(=S)NC2CCN(Cc3ccc(Cl)cc3)CC2)cc1. The number of likely N-dealkylation sites (tertiary alicyclic amines) is 1. The molecule has 0 spiro atoms. The first-order valence-corrected chi connectivity index (χ1v) is 10.0. The standard InChI is InChI=1S/C21H26ClN3OS/c1-26-20-8-4-16(5-9-20)14-23-21(27)24-19-10-12-25(13-11-19)15-17-2-6-18(22)7-3-17/h2-9,19H,10-15H2,1H3,(H2,23,24,27). The van der Waals surface area contributed by atoms with Gasteiger partial charge in [-0.25, -0.2) is 0 Å². The lowest BCUT2D eigenvalue weighted by Crippen LogP contribution is -2.47. The first kappa shape index (κ1) is 19.9. The number of ether oxygens (including phenoxy) is 1. The minimum absolute atomic E-state index is 0.433. The molecule has 0 aliphatic carbocycles. The summed E-state index contributed by atoms with van der Waals surface area (Å²) in [5.41, 5.74) is 2.49. The average molecular weight is 404 g/mol. The molecule has 1 aliphatic rings. The number of nitrogens with zero attached hydrogens (tertiary/aromatic N) is 1. The van der Waals surface area contributed by atoms with Gasteiger partial charge in [0.15, 0.2) is 5.11 Å². The molecule has 2 aromatic carbocycles. The minimum atomic E-state index is 0.433. The van der Waals surface area contributed by atoms with Gasteiger partial charge in [0.1, 0.15) is 5.75 Å². The fourth-order valence-corrected chi connectivity index (χ4v) is 3.61. The number of hydrogen-bond acceptors (Lipinski definition) is 3. The number of thiocarbonyl (C=S) groups is 1. The third kappa shape index (κ3) is 6.38. The van der Waals surface area contributed by atoms with Crippen molar-refractivity contribution in [3.8, 4) is 5.75 Å². The average Bonchev–Trinajstić information content (AvgIpc) is 2.70. The Hall–Kier alpha value is -1.82. The van der Waals surface area contributed by atoms with Crippen molar-refractivity contribution in [3.05, 3.63) is 64.7 Å². The van der Waals surface area contributed by atoms with Crippen molar-refractivity contribution in [2.75, 3.05) is 20.2 Å². The molecule has 6 heteroatoms. The van der Waals surface area contributed by atoms with E-state index < -0.39 is 0 Å². The fourth-order valence-electron chi connectivity index (χ4n) is 3.25. The van der Waals surface area contributed by atoms with Crippen LogP contribution in [0, 0.1) is 0 Å². The molecule has 0 radical (unpaired) electrons. The van der Waals surface area contributed by atoms with Crippen LogP contribution >= 0.6 is 23.8 Å². The van der Waals surface area contributed by atoms with Crippen LogP contribution in [0.5, 0.6) is 5.75 Å². The predicted octanol–water partition coefficient (Wildman–Crippen LogP) is 3.98. The van der Waals surface area contributed by atoms with Crippen molar-refractivity contribution in [3.63, 3.8) is 0 Å². The molecular weight excluding hydrogens is 378 g/mol. The van der Waals surface area contributed by atoms with Gasteiger partial charge in [0.25, 0.3) is 0 Å². The lowest BCUT2D eigenvalue weighted by molar-refractivity contribution is 0.199. The Balaban J connectivity index is 1.36. The highest BCUT2D eigenvalue weighted by molar-refractivity contribution is 7.80. The highest BCUT2D eigenvalue weighted by atomic mass is 35.5. The molecular formula is C21H26ClN3OS. The van der Waals surface area contributed by atoms with Gasteiger partial charge in [0.05, 0.1) is 7.11 Å². The number of nitrogens with one attached hydrogen (secondary N) is 2. The Morgan fingerprint density at radius 1 is 1.07 bits per heavy atom. The van der Waals surface area contributed by atoms with E-state index in [9.17, 15) is 0 Å². The summed E-state index contributed by atoms with van der Waals surface area (Å²) in [5.74, 6) is 0.866. The number of halogens is 1. The molecule has 4 nitrogen and oxygen atoms in total. The summed E-state index contributed by atoms with van der Waals surface area (Å²) in [5, 5.41) is 8.26. The van der Waals surface area contributed by atoms with E-state index in [-0.39, 0.29) is 0 Å². The number of piperidine rings is 1.